The minimum absolute atomic E-state index is 0.0158. The van der Waals surface area contributed by atoms with E-state index in [0.29, 0.717) is 6.54 Å². The van der Waals surface area contributed by atoms with Gasteiger partial charge < -0.3 is 10.6 Å². The highest BCUT2D eigenvalue weighted by atomic mass is 19.4. The van der Waals surface area contributed by atoms with Gasteiger partial charge in [0.1, 0.15) is 6.67 Å². The Morgan fingerprint density at radius 2 is 2.05 bits per heavy atom. The summed E-state index contributed by atoms with van der Waals surface area (Å²) < 4.78 is 51.4. The molecule has 0 spiro atoms. The molecule has 1 unspecified atom stereocenters. The lowest BCUT2D eigenvalue weighted by Gasteiger charge is -2.25. The summed E-state index contributed by atoms with van der Waals surface area (Å²) in [5.74, 6) is 0. The van der Waals surface area contributed by atoms with Crippen molar-refractivity contribution in [2.24, 2.45) is 0 Å². The Morgan fingerprint density at radius 1 is 1.25 bits per heavy atom. The summed E-state index contributed by atoms with van der Waals surface area (Å²) in [6.07, 6.45) is -1.33. The zero-order valence-corrected chi connectivity index (χ0v) is 11.1. The van der Waals surface area contributed by atoms with Gasteiger partial charge in [0.05, 0.1) is 5.56 Å². The number of hydrogen-bond acceptors (Lipinski definition) is 2. The molecular weight excluding hydrogens is 272 g/mol. The van der Waals surface area contributed by atoms with E-state index in [2.05, 4.69) is 10.6 Å². The Morgan fingerprint density at radius 3 is 2.65 bits per heavy atom. The second-order valence-corrected chi connectivity index (χ2v) is 5.04. The van der Waals surface area contributed by atoms with Crippen molar-refractivity contribution in [1.29, 1.82) is 0 Å². The number of halogens is 4. The summed E-state index contributed by atoms with van der Waals surface area (Å²) in [4.78, 5) is 0. The van der Waals surface area contributed by atoms with Crippen LogP contribution in [0.2, 0.25) is 0 Å². The van der Waals surface area contributed by atoms with Gasteiger partial charge in [-0.15, -0.1) is 0 Å². The van der Waals surface area contributed by atoms with E-state index in [9.17, 15) is 17.6 Å². The summed E-state index contributed by atoms with van der Waals surface area (Å²) in [7, 11) is 0. The van der Waals surface area contributed by atoms with Crippen LogP contribution in [0.1, 0.15) is 30.4 Å². The van der Waals surface area contributed by atoms with E-state index in [-0.39, 0.29) is 17.3 Å². The molecule has 0 amide bonds. The van der Waals surface area contributed by atoms with Crippen LogP contribution >= 0.6 is 0 Å². The number of hydrogen-bond donors (Lipinski definition) is 2. The Bertz CT molecular complexity index is 439. The van der Waals surface area contributed by atoms with Crippen molar-refractivity contribution in [3.05, 3.63) is 29.3 Å². The van der Waals surface area contributed by atoms with Crippen LogP contribution < -0.4 is 10.6 Å². The highest BCUT2D eigenvalue weighted by Crippen LogP contribution is 2.35. The fourth-order valence-electron chi connectivity index (χ4n) is 2.39. The topological polar surface area (TPSA) is 24.1 Å². The lowest BCUT2D eigenvalue weighted by atomic mass is 10.0. The van der Waals surface area contributed by atoms with Crippen molar-refractivity contribution in [3.63, 3.8) is 0 Å². The maximum absolute atomic E-state index is 13.0. The zero-order valence-electron chi connectivity index (χ0n) is 11.1. The Hall–Kier alpha value is -1.30. The first-order chi connectivity index (χ1) is 9.50. The van der Waals surface area contributed by atoms with Gasteiger partial charge in [0, 0.05) is 18.3 Å². The zero-order chi connectivity index (χ0) is 14.6. The van der Waals surface area contributed by atoms with E-state index in [1.54, 1.807) is 0 Å². The van der Waals surface area contributed by atoms with Gasteiger partial charge >= 0.3 is 6.18 Å². The first kappa shape index (κ1) is 15.1. The number of benzene rings is 1. The van der Waals surface area contributed by atoms with Crippen molar-refractivity contribution < 1.29 is 17.6 Å². The molecule has 1 aromatic rings. The van der Waals surface area contributed by atoms with Crippen LogP contribution in [0.25, 0.3) is 0 Å². The SMILES string of the molecule is FCc1ccc(NCC2CCCCN2)c(C(F)(F)F)c1. The van der Waals surface area contributed by atoms with Gasteiger partial charge in [-0.1, -0.05) is 12.5 Å². The minimum Gasteiger partial charge on any atom is -0.383 e. The molecule has 1 fully saturated rings. The number of rotatable bonds is 4. The molecule has 6 heteroatoms. The van der Waals surface area contributed by atoms with Gasteiger partial charge in [0.25, 0.3) is 0 Å². The van der Waals surface area contributed by atoms with Crippen LogP contribution in [0.4, 0.5) is 23.2 Å². The fourth-order valence-corrected chi connectivity index (χ4v) is 2.39. The van der Waals surface area contributed by atoms with E-state index >= 15 is 0 Å². The third kappa shape index (κ3) is 3.85. The molecule has 0 radical (unpaired) electrons. The van der Waals surface area contributed by atoms with Crippen molar-refractivity contribution >= 4 is 5.69 Å². The van der Waals surface area contributed by atoms with E-state index in [0.717, 1.165) is 31.9 Å². The molecule has 0 aliphatic carbocycles. The Kier molecular flexibility index (Phi) is 4.86. The van der Waals surface area contributed by atoms with Crippen LogP contribution in [0.5, 0.6) is 0 Å². The van der Waals surface area contributed by atoms with Crippen molar-refractivity contribution in [3.8, 4) is 0 Å². The van der Waals surface area contributed by atoms with Crippen LogP contribution in [0.3, 0.4) is 0 Å². The van der Waals surface area contributed by atoms with Gasteiger partial charge in [-0.3, -0.25) is 0 Å². The maximum atomic E-state index is 13.0. The average molecular weight is 290 g/mol. The van der Waals surface area contributed by atoms with E-state index in [1.807, 2.05) is 0 Å². The molecule has 1 aliphatic rings. The minimum atomic E-state index is -4.48. The predicted octanol–water partition coefficient (Wildman–Crippen LogP) is 3.73. The number of anilines is 1. The molecule has 112 valence electrons. The van der Waals surface area contributed by atoms with Crippen molar-refractivity contribution in [2.75, 3.05) is 18.4 Å². The maximum Gasteiger partial charge on any atom is 0.418 e. The van der Waals surface area contributed by atoms with Crippen LogP contribution in [0, 0.1) is 0 Å². The molecule has 0 bridgehead atoms. The highest BCUT2D eigenvalue weighted by molar-refractivity contribution is 5.54. The molecule has 2 nitrogen and oxygen atoms in total. The molecule has 1 heterocycles. The van der Waals surface area contributed by atoms with Gasteiger partial charge in [-0.05, 0) is 37.1 Å². The molecule has 2 rings (SSSR count). The van der Waals surface area contributed by atoms with Gasteiger partial charge in [-0.25, -0.2) is 4.39 Å². The smallest absolute Gasteiger partial charge is 0.383 e. The number of piperidine rings is 1. The normalized spacial score (nSPS) is 19.9. The quantitative estimate of drug-likeness (QED) is 0.826. The third-order valence-corrected chi connectivity index (χ3v) is 3.49. The standard InChI is InChI=1S/C14H18F4N2/c15-8-10-4-5-13(12(7-10)14(16,17)18)20-9-11-3-1-2-6-19-11/h4-5,7,11,19-20H,1-3,6,8-9H2. The number of nitrogens with one attached hydrogen (secondary N) is 2. The Balaban J connectivity index is 2.09. The largest absolute Gasteiger partial charge is 0.418 e. The number of alkyl halides is 4. The second kappa shape index (κ2) is 6.43. The van der Waals surface area contributed by atoms with E-state index in [1.165, 1.54) is 12.1 Å². The summed E-state index contributed by atoms with van der Waals surface area (Å²) >= 11 is 0. The first-order valence-electron chi connectivity index (χ1n) is 6.74. The first-order valence-corrected chi connectivity index (χ1v) is 6.74. The Labute approximate surface area is 115 Å². The van der Waals surface area contributed by atoms with Gasteiger partial charge in [-0.2, -0.15) is 13.2 Å². The summed E-state index contributed by atoms with van der Waals surface area (Å²) in [6.45, 7) is 0.449. The van der Waals surface area contributed by atoms with Crippen LogP contribution in [-0.4, -0.2) is 19.1 Å². The average Bonchev–Trinajstić information content (AvgIpc) is 2.45. The predicted molar refractivity (Wildman–Crippen MR) is 70.4 cm³/mol. The van der Waals surface area contributed by atoms with Gasteiger partial charge in [0.15, 0.2) is 0 Å². The third-order valence-electron chi connectivity index (χ3n) is 3.49. The second-order valence-electron chi connectivity index (χ2n) is 5.04. The molecule has 1 atom stereocenters. The summed E-state index contributed by atoms with van der Waals surface area (Å²) in [5, 5.41) is 6.10. The molecule has 1 aromatic carbocycles. The molecule has 1 aliphatic heterocycles. The fraction of sp³-hybridized carbons (Fsp3) is 0.571. The molecule has 2 N–H and O–H groups in total. The summed E-state index contributed by atoms with van der Waals surface area (Å²) in [5.41, 5.74) is -0.746. The van der Waals surface area contributed by atoms with Crippen LogP contribution in [-0.2, 0) is 12.9 Å². The molecule has 20 heavy (non-hydrogen) atoms. The van der Waals surface area contributed by atoms with Crippen molar-refractivity contribution in [2.45, 2.75) is 38.2 Å². The molecule has 0 aromatic heterocycles. The van der Waals surface area contributed by atoms with Gasteiger partial charge in [0.2, 0.25) is 0 Å². The van der Waals surface area contributed by atoms with Crippen molar-refractivity contribution in [1.82, 2.24) is 5.32 Å². The monoisotopic (exact) mass is 290 g/mol. The lowest BCUT2D eigenvalue weighted by molar-refractivity contribution is -0.137. The highest BCUT2D eigenvalue weighted by Gasteiger charge is 2.33. The summed E-state index contributed by atoms with van der Waals surface area (Å²) in [6, 6.07) is 3.74. The van der Waals surface area contributed by atoms with E-state index in [4.69, 9.17) is 0 Å². The lowest BCUT2D eigenvalue weighted by Crippen LogP contribution is -2.39. The molecule has 1 saturated heterocycles. The van der Waals surface area contributed by atoms with E-state index < -0.39 is 18.4 Å². The van der Waals surface area contributed by atoms with Crippen LogP contribution in [0.15, 0.2) is 18.2 Å². The molecule has 0 saturated carbocycles. The molecular formula is C14H18F4N2.